The minimum Gasteiger partial charge on any atom is -0.309 e. The average Bonchev–Trinajstić information content (AvgIpc) is 2.29. The van der Waals surface area contributed by atoms with Gasteiger partial charge in [-0.3, -0.25) is 0 Å². The van der Waals surface area contributed by atoms with Gasteiger partial charge in [0.25, 0.3) is 0 Å². The number of hydrogen-bond donors (Lipinski definition) is 1. The highest BCUT2D eigenvalue weighted by atomic mass is 32.2. The van der Waals surface area contributed by atoms with Crippen molar-refractivity contribution in [2.24, 2.45) is 0 Å². The Morgan fingerprint density at radius 2 is 1.72 bits per heavy atom. The first-order valence-electron chi connectivity index (χ1n) is 6.03. The Morgan fingerprint density at radius 3 is 2.22 bits per heavy atom. The van der Waals surface area contributed by atoms with Gasteiger partial charge in [-0.2, -0.15) is 0 Å². The highest BCUT2D eigenvalue weighted by Crippen LogP contribution is 2.12. The summed E-state index contributed by atoms with van der Waals surface area (Å²) in [5, 5.41) is 2.78. The number of rotatable bonds is 6. The van der Waals surface area contributed by atoms with Crippen LogP contribution in [0.25, 0.3) is 0 Å². The van der Waals surface area contributed by atoms with E-state index in [0.717, 1.165) is 5.56 Å². The molecule has 1 aromatic carbocycles. The number of hydrogen-bond acceptors (Lipinski definition) is 3. The molecular formula is C13H20FNO2S. The molecule has 102 valence electrons. The van der Waals surface area contributed by atoms with Gasteiger partial charge in [-0.05, 0) is 38.5 Å². The van der Waals surface area contributed by atoms with Crippen molar-refractivity contribution >= 4 is 9.84 Å². The highest BCUT2D eigenvalue weighted by Gasteiger charge is 2.15. The lowest BCUT2D eigenvalue weighted by Gasteiger charge is -2.15. The minimum absolute atomic E-state index is 0.00737. The van der Waals surface area contributed by atoms with Gasteiger partial charge in [0.15, 0.2) is 9.84 Å². The summed E-state index contributed by atoms with van der Waals surface area (Å²) >= 11 is 0. The van der Waals surface area contributed by atoms with E-state index in [1.807, 2.05) is 6.92 Å². The summed E-state index contributed by atoms with van der Waals surface area (Å²) in [5.74, 6) is -0.149. The second-order valence-electron chi connectivity index (χ2n) is 4.64. The molecule has 18 heavy (non-hydrogen) atoms. The molecular weight excluding hydrogens is 253 g/mol. The maximum atomic E-state index is 12.7. The molecule has 0 radical (unpaired) electrons. The van der Waals surface area contributed by atoms with Crippen LogP contribution in [0.15, 0.2) is 24.3 Å². The van der Waals surface area contributed by atoms with E-state index >= 15 is 0 Å². The van der Waals surface area contributed by atoms with Crippen LogP contribution in [0.5, 0.6) is 0 Å². The third kappa shape index (κ3) is 4.38. The van der Waals surface area contributed by atoms with E-state index < -0.39 is 9.84 Å². The quantitative estimate of drug-likeness (QED) is 0.865. The molecule has 0 saturated carbocycles. The first-order valence-corrected chi connectivity index (χ1v) is 7.75. The zero-order valence-corrected chi connectivity index (χ0v) is 11.8. The number of benzene rings is 1. The number of halogens is 1. The molecule has 3 nitrogen and oxygen atoms in total. The summed E-state index contributed by atoms with van der Waals surface area (Å²) in [6.07, 6.45) is 0. The zero-order valence-electron chi connectivity index (χ0n) is 11.0. The second kappa shape index (κ2) is 6.29. The van der Waals surface area contributed by atoms with Gasteiger partial charge < -0.3 is 5.32 Å². The second-order valence-corrected chi connectivity index (χ2v) is 7.32. The summed E-state index contributed by atoms with van der Waals surface area (Å²) in [6.45, 7) is 5.69. The Labute approximate surface area is 108 Å². The Kier molecular flexibility index (Phi) is 5.28. The maximum Gasteiger partial charge on any atom is 0.153 e. The summed E-state index contributed by atoms with van der Waals surface area (Å²) < 4.78 is 36.0. The largest absolute Gasteiger partial charge is 0.309 e. The molecule has 0 unspecified atom stereocenters. The van der Waals surface area contributed by atoms with Crippen molar-refractivity contribution in [2.45, 2.75) is 32.1 Å². The Hall–Kier alpha value is -0.940. The molecule has 0 heterocycles. The Bertz CT molecular complexity index is 468. The van der Waals surface area contributed by atoms with E-state index in [0.29, 0.717) is 6.54 Å². The molecule has 0 bridgehead atoms. The van der Waals surface area contributed by atoms with Crippen LogP contribution in [-0.2, 0) is 9.84 Å². The van der Waals surface area contributed by atoms with E-state index in [2.05, 4.69) is 5.32 Å². The third-order valence-electron chi connectivity index (χ3n) is 2.93. The van der Waals surface area contributed by atoms with Gasteiger partial charge in [0, 0.05) is 12.6 Å². The summed E-state index contributed by atoms with van der Waals surface area (Å²) in [5.41, 5.74) is 0.943. The van der Waals surface area contributed by atoms with Crippen molar-refractivity contribution in [3.05, 3.63) is 35.6 Å². The summed E-state index contributed by atoms with van der Waals surface area (Å²) in [4.78, 5) is 0. The van der Waals surface area contributed by atoms with Crippen LogP contribution >= 0.6 is 0 Å². The van der Waals surface area contributed by atoms with E-state index in [1.165, 1.54) is 12.1 Å². The first kappa shape index (κ1) is 15.1. The molecule has 1 aromatic rings. The predicted octanol–water partition coefficient (Wildman–Crippen LogP) is 2.30. The topological polar surface area (TPSA) is 46.2 Å². The van der Waals surface area contributed by atoms with Gasteiger partial charge in [-0.25, -0.2) is 12.8 Å². The van der Waals surface area contributed by atoms with Crippen LogP contribution in [0.2, 0.25) is 0 Å². The van der Waals surface area contributed by atoms with Gasteiger partial charge in [0.1, 0.15) is 5.82 Å². The third-order valence-corrected chi connectivity index (χ3v) is 5.13. The molecule has 0 saturated heterocycles. The maximum absolute atomic E-state index is 12.7. The summed E-state index contributed by atoms with van der Waals surface area (Å²) in [7, 11) is -3.01. The lowest BCUT2D eigenvalue weighted by molar-refractivity contribution is 0.565. The van der Waals surface area contributed by atoms with Gasteiger partial charge in [-0.1, -0.05) is 12.1 Å². The molecule has 0 spiro atoms. The smallest absolute Gasteiger partial charge is 0.153 e. The standard InChI is InChI=1S/C13H20FNO2S/c1-10(2)18(16,17)9-8-15-11(3)12-4-6-13(14)7-5-12/h4-7,10-11,15H,8-9H2,1-3H3/t11-/m1/s1. The fraction of sp³-hybridized carbons (Fsp3) is 0.538. The predicted molar refractivity (Wildman–Crippen MR) is 71.7 cm³/mol. The van der Waals surface area contributed by atoms with Crippen LogP contribution in [0.3, 0.4) is 0 Å². The zero-order chi connectivity index (χ0) is 13.8. The van der Waals surface area contributed by atoms with Crippen molar-refractivity contribution in [3.63, 3.8) is 0 Å². The highest BCUT2D eigenvalue weighted by molar-refractivity contribution is 7.92. The summed E-state index contributed by atoms with van der Waals surface area (Å²) in [6, 6.07) is 6.21. The van der Waals surface area contributed by atoms with Gasteiger partial charge in [0.2, 0.25) is 0 Å². The van der Waals surface area contributed by atoms with Crippen molar-refractivity contribution in [2.75, 3.05) is 12.3 Å². The monoisotopic (exact) mass is 273 g/mol. The Morgan fingerprint density at radius 1 is 1.17 bits per heavy atom. The van der Waals surface area contributed by atoms with Crippen LogP contribution in [0.4, 0.5) is 4.39 Å². The van der Waals surface area contributed by atoms with E-state index in [1.54, 1.807) is 26.0 Å². The van der Waals surface area contributed by atoms with Gasteiger partial charge in [-0.15, -0.1) is 0 Å². The van der Waals surface area contributed by atoms with E-state index in [9.17, 15) is 12.8 Å². The van der Waals surface area contributed by atoms with Crippen molar-refractivity contribution in [3.8, 4) is 0 Å². The van der Waals surface area contributed by atoms with Crippen LogP contribution in [0.1, 0.15) is 32.4 Å². The molecule has 1 atom stereocenters. The lowest BCUT2D eigenvalue weighted by Crippen LogP contribution is -2.29. The van der Waals surface area contributed by atoms with Gasteiger partial charge >= 0.3 is 0 Å². The van der Waals surface area contributed by atoms with Crippen LogP contribution in [0, 0.1) is 5.82 Å². The molecule has 5 heteroatoms. The number of sulfone groups is 1. The molecule has 0 amide bonds. The normalized spacial score (nSPS) is 13.8. The molecule has 0 aliphatic heterocycles. The Balaban J connectivity index is 2.47. The lowest BCUT2D eigenvalue weighted by atomic mass is 10.1. The molecule has 1 N–H and O–H groups in total. The van der Waals surface area contributed by atoms with Gasteiger partial charge in [0.05, 0.1) is 11.0 Å². The SMILES string of the molecule is CC(C)S(=O)(=O)CCN[C@H](C)c1ccc(F)cc1. The molecule has 0 aromatic heterocycles. The molecule has 0 fully saturated rings. The fourth-order valence-electron chi connectivity index (χ4n) is 1.52. The van der Waals surface area contributed by atoms with Crippen molar-refractivity contribution in [1.29, 1.82) is 0 Å². The minimum atomic E-state index is -3.01. The average molecular weight is 273 g/mol. The van der Waals surface area contributed by atoms with E-state index in [-0.39, 0.29) is 22.9 Å². The first-order chi connectivity index (χ1) is 8.33. The number of nitrogens with one attached hydrogen (secondary N) is 1. The van der Waals surface area contributed by atoms with Crippen molar-refractivity contribution < 1.29 is 12.8 Å². The molecule has 0 aliphatic rings. The molecule has 1 rings (SSSR count). The van der Waals surface area contributed by atoms with Crippen LogP contribution in [-0.4, -0.2) is 26.0 Å². The fourth-order valence-corrected chi connectivity index (χ4v) is 2.40. The van der Waals surface area contributed by atoms with Crippen molar-refractivity contribution in [1.82, 2.24) is 5.32 Å². The molecule has 0 aliphatic carbocycles. The van der Waals surface area contributed by atoms with Crippen LogP contribution < -0.4 is 5.32 Å². The van der Waals surface area contributed by atoms with E-state index in [4.69, 9.17) is 0 Å².